The van der Waals surface area contributed by atoms with Gasteiger partial charge in [-0.1, -0.05) is 24.3 Å². The SMILES string of the molecule is C#CCOC1COC(=O)O1.C#CCOC1COC(=O)O1.C=C(F)COC1COC(=O)O1.O=C1OCC(OCC#CC(F)(F)F)O1.O=C1OCC(OCC#CF)O1.O=C1OCC(OCC(F)=C(F)F)O1.O=C1OCC(OCC=C(F)F)O1. The maximum atomic E-state index is 12.1. The van der Waals surface area contributed by atoms with E-state index in [0.717, 1.165) is 12.1 Å². The van der Waals surface area contributed by atoms with Crippen LogP contribution in [0.3, 0.4) is 0 Å². The van der Waals surface area contributed by atoms with E-state index in [0.29, 0.717) is 6.08 Å². The van der Waals surface area contributed by atoms with Gasteiger partial charge in [0.25, 0.3) is 6.08 Å². The second-order valence-electron chi connectivity index (χ2n) is 13.1. The van der Waals surface area contributed by atoms with E-state index in [1.165, 1.54) is 0 Å². The lowest BCUT2D eigenvalue weighted by atomic mass is 10.6. The molecule has 7 unspecified atom stereocenters. The minimum Gasteiger partial charge on any atom is -0.428 e. The molecule has 0 spiro atoms. The van der Waals surface area contributed by atoms with Gasteiger partial charge < -0.3 is 99.5 Å². The number of halogens is 10. The Hall–Kier alpha value is -8.63. The summed E-state index contributed by atoms with van der Waals surface area (Å²) in [5, 5.41) is 0. The molecule has 0 bridgehead atoms. The van der Waals surface area contributed by atoms with Crippen LogP contribution in [0.25, 0.3) is 0 Å². The largest absolute Gasteiger partial charge is 0.510 e. The zero-order valence-electron chi connectivity index (χ0n) is 40.6. The maximum Gasteiger partial charge on any atom is 0.510 e. The van der Waals surface area contributed by atoms with E-state index in [4.69, 9.17) is 31.8 Å². The lowest BCUT2D eigenvalue weighted by molar-refractivity contribution is -0.0735. The number of rotatable bonds is 17. The van der Waals surface area contributed by atoms with Crippen molar-refractivity contribution in [1.82, 2.24) is 0 Å². The first-order valence-corrected chi connectivity index (χ1v) is 21.1. The number of hydrogen-bond acceptors (Lipinski definition) is 28. The number of ether oxygens (including phenoxy) is 21. The molecule has 7 saturated heterocycles. The molecule has 7 atom stereocenters. The molecule has 28 nitrogen and oxygen atoms in total. The van der Waals surface area contributed by atoms with Gasteiger partial charge in [-0.2, -0.15) is 30.7 Å². The van der Waals surface area contributed by atoms with Crippen molar-refractivity contribution in [3.05, 3.63) is 36.5 Å². The summed E-state index contributed by atoms with van der Waals surface area (Å²) in [4.78, 5) is 71.8. The molecular weight excluding hydrogens is 1150 g/mol. The Balaban J connectivity index is 0.000000474. The summed E-state index contributed by atoms with van der Waals surface area (Å²) in [5.41, 5.74) is 0. The molecule has 7 aliphatic rings. The molecule has 38 heteroatoms. The van der Waals surface area contributed by atoms with E-state index in [2.05, 4.69) is 98.9 Å². The third-order valence-electron chi connectivity index (χ3n) is 7.19. The Kier molecular flexibility index (Phi) is 35.2. The third-order valence-corrected chi connectivity index (χ3v) is 7.19. The third kappa shape index (κ3) is 37.8. The molecule has 0 saturated carbocycles. The molecule has 0 radical (unpaired) electrons. The van der Waals surface area contributed by atoms with Crippen LogP contribution in [0.15, 0.2) is 36.5 Å². The molecule has 81 heavy (non-hydrogen) atoms. The average molecular weight is 1190 g/mol. The van der Waals surface area contributed by atoms with Crippen molar-refractivity contribution in [3.8, 4) is 48.6 Å². The highest BCUT2D eigenvalue weighted by atomic mass is 19.4. The lowest BCUT2D eigenvalue weighted by Gasteiger charge is -2.05. The molecule has 0 amide bonds. The van der Waals surface area contributed by atoms with Crippen molar-refractivity contribution in [2.24, 2.45) is 0 Å². The Morgan fingerprint density at radius 1 is 0.481 bits per heavy atom. The first-order chi connectivity index (χ1) is 38.4. The topological polar surface area (TPSA) is 313 Å². The number of carbonyl (C=O) groups is 7. The second-order valence-corrected chi connectivity index (χ2v) is 13.1. The van der Waals surface area contributed by atoms with Crippen LogP contribution >= 0.6 is 0 Å². The zero-order chi connectivity index (χ0) is 60.6. The van der Waals surface area contributed by atoms with E-state index in [9.17, 15) is 77.5 Å². The van der Waals surface area contributed by atoms with Crippen LogP contribution in [0.4, 0.5) is 77.5 Å². The van der Waals surface area contributed by atoms with E-state index in [-0.39, 0.29) is 79.3 Å². The van der Waals surface area contributed by atoms with Gasteiger partial charge in [-0.25, -0.2) is 42.3 Å². The Morgan fingerprint density at radius 3 is 1.04 bits per heavy atom. The minimum atomic E-state index is -4.54. The first-order valence-electron chi connectivity index (χ1n) is 21.1. The molecule has 0 aliphatic carbocycles. The maximum absolute atomic E-state index is 12.1. The fraction of sp³-hybridized carbons (Fsp3) is 0.512. The van der Waals surface area contributed by atoms with Gasteiger partial charge in [-0.3, -0.25) is 0 Å². The molecule has 0 N–H and O–H groups in total. The van der Waals surface area contributed by atoms with Crippen LogP contribution in [0.2, 0.25) is 0 Å². The minimum absolute atomic E-state index is 0.00606. The van der Waals surface area contributed by atoms with Gasteiger partial charge in [0.1, 0.15) is 51.6 Å². The van der Waals surface area contributed by atoms with Gasteiger partial charge in [-0.15, -0.1) is 17.2 Å². The van der Waals surface area contributed by atoms with Crippen molar-refractivity contribution in [2.45, 2.75) is 50.2 Å². The Morgan fingerprint density at radius 2 is 0.778 bits per heavy atom. The Bertz CT molecular complexity index is 2290. The highest BCUT2D eigenvalue weighted by Gasteiger charge is 2.30. The summed E-state index contributed by atoms with van der Waals surface area (Å²) in [6, 6.07) is 0. The van der Waals surface area contributed by atoms with E-state index >= 15 is 0 Å². The average Bonchev–Trinajstić information content (AvgIpc) is 4.30. The van der Waals surface area contributed by atoms with E-state index < -0.39 is 130 Å². The predicted octanol–water partition coefficient (Wildman–Crippen LogP) is 5.58. The molecule has 7 heterocycles. The number of carbonyl (C=O) groups excluding carboxylic acids is 7. The summed E-state index contributed by atoms with van der Waals surface area (Å²) >= 11 is 0. The molecule has 0 aromatic rings. The summed E-state index contributed by atoms with van der Waals surface area (Å²) in [6.45, 7) is 0.993. The van der Waals surface area contributed by atoms with Crippen molar-refractivity contribution in [1.29, 1.82) is 0 Å². The van der Waals surface area contributed by atoms with Gasteiger partial charge in [0.15, 0.2) is 52.1 Å². The van der Waals surface area contributed by atoms with Crippen LogP contribution in [0.1, 0.15) is 0 Å². The molecule has 7 rings (SSSR count). The van der Waals surface area contributed by atoms with Crippen LogP contribution in [-0.2, 0) is 99.5 Å². The predicted molar refractivity (Wildman–Crippen MR) is 226 cm³/mol. The molecule has 0 aromatic heterocycles. The summed E-state index contributed by atoms with van der Waals surface area (Å²) in [7, 11) is 0. The molecule has 450 valence electrons. The van der Waals surface area contributed by atoms with Gasteiger partial charge in [0.2, 0.25) is 44.0 Å². The lowest BCUT2D eigenvalue weighted by Crippen LogP contribution is -2.15. The van der Waals surface area contributed by atoms with Gasteiger partial charge in [0.05, 0.1) is 6.61 Å². The smallest absolute Gasteiger partial charge is 0.428 e. The van der Waals surface area contributed by atoms with E-state index in [1.54, 1.807) is 5.92 Å². The number of cyclic esters (lactones) is 14. The second kappa shape index (κ2) is 40.5. The zero-order valence-corrected chi connectivity index (χ0v) is 40.6. The van der Waals surface area contributed by atoms with Gasteiger partial charge in [0, 0.05) is 12.0 Å². The number of hydrogen-bond donors (Lipinski definition) is 0. The molecule has 7 aliphatic heterocycles. The molecule has 7 fully saturated rings. The molecule has 0 aromatic carbocycles. The van der Waals surface area contributed by atoms with Crippen LogP contribution in [0, 0.1) is 48.6 Å². The summed E-state index contributed by atoms with van der Waals surface area (Å²) in [5.74, 6) is 6.90. The highest BCUT2D eigenvalue weighted by molar-refractivity contribution is 5.63. The highest BCUT2D eigenvalue weighted by Crippen LogP contribution is 2.15. The quantitative estimate of drug-likeness (QED) is 0.0743. The normalized spacial score (nSPS) is 21.8. The first kappa shape index (κ1) is 70.4. The fourth-order valence-corrected chi connectivity index (χ4v) is 4.09. The van der Waals surface area contributed by atoms with Crippen LogP contribution < -0.4 is 0 Å². The van der Waals surface area contributed by atoms with Crippen molar-refractivity contribution in [2.75, 3.05) is 92.5 Å². The van der Waals surface area contributed by atoms with Gasteiger partial charge >= 0.3 is 55.3 Å². The summed E-state index contributed by atoms with van der Waals surface area (Å²) in [6.07, 6.45) is -8.75. The van der Waals surface area contributed by atoms with Crippen LogP contribution in [0.5, 0.6) is 0 Å². The standard InChI is InChI=1S/C7H5F3O4.C6H5F3O4.C6H6F2O4.C6H7FO4.C6H5FO4.2C6H6O4/c8-7(9,10)2-1-3-12-5-4-13-6(11)14-5;7-3(5(8)9)1-11-4-2-12-6(10)13-4;7-4(8)1-2-10-5-3-11-6(9)12-5;1-4(7)2-9-5-3-10-6(8)11-5;7-2-1-3-9-5-4-10-6(8)11-5;2*1-2-3-8-5-4-9-6(7)10-5/h5H,3-4H2;4H,1-2H2;1,5H,2-3H2;5H,1-3H2;5H,3-4H2;2*1,5H,3-4H2. The van der Waals surface area contributed by atoms with Gasteiger partial charge in [-0.05, 0) is 5.92 Å². The number of terminal acetylenes is 2. The Labute approximate surface area is 447 Å². The monoisotopic (exact) mass is 1190 g/mol. The van der Waals surface area contributed by atoms with Crippen LogP contribution in [-0.4, -0.2) is 186 Å². The van der Waals surface area contributed by atoms with Crippen molar-refractivity contribution in [3.63, 3.8) is 0 Å². The number of alkyl halides is 3. The molecular formula is C43H40F10O28. The fourth-order valence-electron chi connectivity index (χ4n) is 4.09. The van der Waals surface area contributed by atoms with Crippen molar-refractivity contribution >= 4 is 43.1 Å². The van der Waals surface area contributed by atoms with E-state index in [1.807, 2.05) is 5.92 Å². The van der Waals surface area contributed by atoms with Crippen molar-refractivity contribution < 1.29 is 177 Å². The summed E-state index contributed by atoms with van der Waals surface area (Å²) < 4.78 is 209.